The number of nitrogens with zero attached hydrogens (tertiary/aromatic N) is 1. The van der Waals surface area contributed by atoms with Gasteiger partial charge in [-0.3, -0.25) is 9.52 Å². The third kappa shape index (κ3) is 5.86. The Labute approximate surface area is 141 Å². The molecule has 1 aromatic heterocycles. The van der Waals surface area contributed by atoms with Crippen LogP contribution in [-0.4, -0.2) is 38.3 Å². The largest absolute Gasteiger partial charge is 0.381 e. The van der Waals surface area contributed by atoms with Crippen LogP contribution in [0.4, 0.5) is 0 Å². The van der Waals surface area contributed by atoms with Crippen molar-refractivity contribution in [3.63, 3.8) is 0 Å². The van der Waals surface area contributed by atoms with Crippen LogP contribution in [0, 0.1) is 5.92 Å². The van der Waals surface area contributed by atoms with Crippen molar-refractivity contribution in [3.8, 4) is 0 Å². The molecule has 1 amide bonds. The van der Waals surface area contributed by atoms with E-state index in [9.17, 15) is 13.2 Å². The fourth-order valence-electron chi connectivity index (χ4n) is 2.37. The molecule has 1 aliphatic rings. The molecule has 0 bridgehead atoms. The minimum atomic E-state index is -3.60. The molecule has 2 rings (SSSR count). The van der Waals surface area contributed by atoms with E-state index in [1.807, 2.05) is 26.2 Å². The summed E-state index contributed by atoms with van der Waals surface area (Å²) in [6, 6.07) is 0. The molecule has 1 aliphatic heterocycles. The summed E-state index contributed by atoms with van der Waals surface area (Å²) in [4.78, 5) is 16.4. The highest BCUT2D eigenvalue weighted by atomic mass is 32.2. The number of carbonyl (C=O) groups is 1. The van der Waals surface area contributed by atoms with Gasteiger partial charge in [-0.2, -0.15) is 0 Å². The van der Waals surface area contributed by atoms with Crippen molar-refractivity contribution in [2.45, 2.75) is 45.4 Å². The van der Waals surface area contributed by atoms with E-state index in [0.717, 1.165) is 17.8 Å². The Morgan fingerprint density at radius 3 is 2.61 bits per heavy atom. The second-order valence-electron chi connectivity index (χ2n) is 6.93. The van der Waals surface area contributed by atoms with Crippen molar-refractivity contribution >= 4 is 27.3 Å². The van der Waals surface area contributed by atoms with Gasteiger partial charge in [0.1, 0.15) is 0 Å². The van der Waals surface area contributed by atoms with Gasteiger partial charge < -0.3 is 4.74 Å². The number of sulfonamides is 1. The van der Waals surface area contributed by atoms with E-state index in [1.165, 1.54) is 11.3 Å². The highest BCUT2D eigenvalue weighted by molar-refractivity contribution is 7.90. The summed E-state index contributed by atoms with van der Waals surface area (Å²) >= 11 is 1.49. The molecule has 0 aliphatic carbocycles. The van der Waals surface area contributed by atoms with E-state index in [1.54, 1.807) is 0 Å². The van der Waals surface area contributed by atoms with Gasteiger partial charge in [0.2, 0.25) is 15.9 Å². The summed E-state index contributed by atoms with van der Waals surface area (Å²) in [5.74, 6) is -0.490. The third-order valence-corrected chi connectivity index (χ3v) is 6.37. The smallest absolute Gasteiger partial charge is 0.239 e. The fraction of sp³-hybridized carbons (Fsp3) is 0.733. The first kappa shape index (κ1) is 18.4. The number of carbonyl (C=O) groups excluding carboxylic acids is 1. The Balaban J connectivity index is 1.89. The normalized spacial score (nSPS) is 17.2. The first-order valence-corrected chi connectivity index (χ1v) is 10.2. The molecule has 23 heavy (non-hydrogen) atoms. The maximum Gasteiger partial charge on any atom is 0.239 e. The Morgan fingerprint density at radius 2 is 2.04 bits per heavy atom. The summed E-state index contributed by atoms with van der Waals surface area (Å²) in [5, 5.41) is 2.75. The summed E-state index contributed by atoms with van der Waals surface area (Å²) in [6.07, 6.45) is 1.42. The van der Waals surface area contributed by atoms with Crippen molar-refractivity contribution in [2.24, 2.45) is 5.92 Å². The molecular weight excluding hydrogens is 336 g/mol. The summed E-state index contributed by atoms with van der Waals surface area (Å²) in [5.41, 5.74) is 0.535. The van der Waals surface area contributed by atoms with Crippen LogP contribution in [-0.2, 0) is 31.4 Å². The molecule has 2 heterocycles. The zero-order valence-electron chi connectivity index (χ0n) is 13.8. The van der Waals surface area contributed by atoms with E-state index >= 15 is 0 Å². The summed E-state index contributed by atoms with van der Waals surface area (Å²) in [6.45, 7) is 7.32. The Morgan fingerprint density at radius 1 is 1.39 bits per heavy atom. The molecule has 6 nitrogen and oxygen atoms in total. The van der Waals surface area contributed by atoms with Crippen LogP contribution in [0.5, 0.6) is 0 Å². The number of rotatable bonds is 5. The Hall–Kier alpha value is -0.990. The van der Waals surface area contributed by atoms with Gasteiger partial charge in [0.05, 0.1) is 22.9 Å². The van der Waals surface area contributed by atoms with Crippen molar-refractivity contribution in [1.82, 2.24) is 9.71 Å². The van der Waals surface area contributed by atoms with Crippen LogP contribution in [0.15, 0.2) is 5.38 Å². The number of aromatic nitrogens is 1. The third-order valence-electron chi connectivity index (χ3n) is 3.60. The minimum Gasteiger partial charge on any atom is -0.381 e. The molecule has 130 valence electrons. The highest BCUT2D eigenvalue weighted by Crippen LogP contribution is 2.25. The van der Waals surface area contributed by atoms with Gasteiger partial charge in [-0.15, -0.1) is 11.3 Å². The van der Waals surface area contributed by atoms with E-state index in [0.29, 0.717) is 18.9 Å². The van der Waals surface area contributed by atoms with E-state index in [2.05, 4.69) is 9.71 Å². The van der Waals surface area contributed by atoms with Crippen molar-refractivity contribution in [1.29, 1.82) is 0 Å². The van der Waals surface area contributed by atoms with Crippen molar-refractivity contribution in [2.75, 3.05) is 19.0 Å². The van der Waals surface area contributed by atoms with Crippen molar-refractivity contribution in [3.05, 3.63) is 16.1 Å². The molecule has 1 fully saturated rings. The molecule has 1 saturated heterocycles. The molecule has 1 N–H and O–H groups in total. The van der Waals surface area contributed by atoms with Gasteiger partial charge in [-0.1, -0.05) is 20.8 Å². The Kier molecular flexibility index (Phi) is 5.80. The molecule has 8 heteroatoms. The van der Waals surface area contributed by atoms with Crippen LogP contribution < -0.4 is 4.72 Å². The van der Waals surface area contributed by atoms with Crippen LogP contribution in [0.3, 0.4) is 0 Å². The van der Waals surface area contributed by atoms with E-state index < -0.39 is 15.9 Å². The lowest BCUT2D eigenvalue weighted by Crippen LogP contribution is -2.37. The zero-order valence-corrected chi connectivity index (χ0v) is 15.4. The van der Waals surface area contributed by atoms with Gasteiger partial charge in [-0.25, -0.2) is 13.4 Å². The zero-order chi connectivity index (χ0) is 17.1. The predicted octanol–water partition coefficient (Wildman–Crippen LogP) is 1.86. The lowest BCUT2D eigenvalue weighted by Gasteiger charge is -2.21. The van der Waals surface area contributed by atoms with E-state index in [4.69, 9.17) is 4.74 Å². The second kappa shape index (κ2) is 7.27. The van der Waals surface area contributed by atoms with Gasteiger partial charge in [0.15, 0.2) is 0 Å². The number of thiazole rings is 1. The molecule has 0 atom stereocenters. The Bertz CT molecular complexity index is 641. The van der Waals surface area contributed by atoms with Gasteiger partial charge in [0.25, 0.3) is 0 Å². The topological polar surface area (TPSA) is 85.4 Å². The number of amides is 1. The maximum absolute atomic E-state index is 12.1. The molecule has 1 aromatic rings. The lowest BCUT2D eigenvalue weighted by atomic mass is 9.98. The van der Waals surface area contributed by atoms with E-state index in [-0.39, 0.29) is 23.5 Å². The summed E-state index contributed by atoms with van der Waals surface area (Å²) < 4.78 is 31.5. The molecule has 0 unspecified atom stereocenters. The molecule has 0 saturated carbocycles. The average molecular weight is 361 g/mol. The molecule has 0 aromatic carbocycles. The van der Waals surface area contributed by atoms with Gasteiger partial charge in [0, 0.05) is 24.0 Å². The van der Waals surface area contributed by atoms with Crippen LogP contribution in [0.2, 0.25) is 0 Å². The quantitative estimate of drug-likeness (QED) is 0.866. The number of hydrogen-bond donors (Lipinski definition) is 1. The fourth-order valence-corrected chi connectivity index (χ4v) is 4.74. The molecule has 0 spiro atoms. The monoisotopic (exact) mass is 360 g/mol. The second-order valence-corrected chi connectivity index (χ2v) is 9.56. The average Bonchev–Trinajstić information content (AvgIpc) is 2.86. The van der Waals surface area contributed by atoms with Crippen LogP contribution in [0.25, 0.3) is 0 Å². The standard InChI is InChI=1S/C15H24N2O4S2/c1-15(2,3)14-16-12(9-22-14)8-13(18)17-23(19,20)10-11-4-6-21-7-5-11/h9,11H,4-8,10H2,1-3H3,(H,17,18). The van der Waals surface area contributed by atoms with Gasteiger partial charge in [-0.05, 0) is 18.8 Å². The SMILES string of the molecule is CC(C)(C)c1nc(CC(=O)NS(=O)(=O)CC2CCOCC2)cs1. The lowest BCUT2D eigenvalue weighted by molar-refractivity contribution is -0.118. The molecular formula is C15H24N2O4S2. The van der Waals surface area contributed by atoms with Crippen LogP contribution in [0.1, 0.15) is 44.3 Å². The first-order chi connectivity index (χ1) is 10.7. The first-order valence-electron chi connectivity index (χ1n) is 7.72. The number of hydrogen-bond acceptors (Lipinski definition) is 6. The number of nitrogens with one attached hydrogen (secondary N) is 1. The van der Waals surface area contributed by atoms with Gasteiger partial charge >= 0.3 is 0 Å². The van der Waals surface area contributed by atoms with Crippen LogP contribution >= 0.6 is 11.3 Å². The molecule has 0 radical (unpaired) electrons. The maximum atomic E-state index is 12.1. The number of ether oxygens (including phenoxy) is 1. The minimum absolute atomic E-state index is 0.0143. The predicted molar refractivity (Wildman–Crippen MR) is 90.0 cm³/mol. The summed E-state index contributed by atoms with van der Waals surface area (Å²) in [7, 11) is -3.60. The van der Waals surface area contributed by atoms with Crippen molar-refractivity contribution < 1.29 is 17.9 Å². The highest BCUT2D eigenvalue weighted by Gasteiger charge is 2.24.